The first-order chi connectivity index (χ1) is 25.9. The molecule has 6 rings (SSSR count). The van der Waals surface area contributed by atoms with E-state index >= 15 is 4.79 Å². The number of halogens is 1. The van der Waals surface area contributed by atoms with Crippen LogP contribution in [0.1, 0.15) is 69.7 Å². The second-order valence-electron chi connectivity index (χ2n) is 14.5. The lowest BCUT2D eigenvalue weighted by molar-refractivity contribution is -0.180. The average molecular weight is 770 g/mol. The van der Waals surface area contributed by atoms with Gasteiger partial charge in [0.05, 0.1) is 16.3 Å². The van der Waals surface area contributed by atoms with Gasteiger partial charge in [-0.1, -0.05) is 72.3 Å². The van der Waals surface area contributed by atoms with Gasteiger partial charge >= 0.3 is 6.09 Å². The van der Waals surface area contributed by atoms with Crippen LogP contribution >= 0.6 is 22.9 Å². The van der Waals surface area contributed by atoms with Crippen LogP contribution in [-0.2, 0) is 27.2 Å². The van der Waals surface area contributed by atoms with E-state index in [1.165, 1.54) is 16.2 Å². The minimum absolute atomic E-state index is 0.0755. The van der Waals surface area contributed by atoms with E-state index in [1.54, 1.807) is 11.0 Å². The molecule has 0 aliphatic heterocycles. The molecule has 0 fully saturated rings. The lowest BCUT2D eigenvalue weighted by Crippen LogP contribution is -2.56. The quantitative estimate of drug-likeness (QED) is 0.0836. The normalized spacial score (nSPS) is 13.8. The zero-order valence-corrected chi connectivity index (χ0v) is 33.2. The third-order valence-corrected chi connectivity index (χ3v) is 10.8. The molecule has 0 saturated heterocycles. The molecule has 5 aromatic rings. The summed E-state index contributed by atoms with van der Waals surface area (Å²) in [6, 6.07) is 25.7. The predicted octanol–water partition coefficient (Wildman–Crippen LogP) is 9.65. The van der Waals surface area contributed by atoms with Gasteiger partial charge < -0.3 is 24.2 Å². The molecule has 54 heavy (non-hydrogen) atoms. The van der Waals surface area contributed by atoms with Crippen LogP contribution in [0.4, 0.5) is 4.79 Å². The number of aromatic nitrogens is 1. The van der Waals surface area contributed by atoms with Crippen LogP contribution < -0.4 is 4.74 Å². The molecular weight excluding hydrogens is 722 g/mol. The van der Waals surface area contributed by atoms with Crippen molar-refractivity contribution in [3.63, 3.8) is 0 Å². The zero-order chi connectivity index (χ0) is 38.6. The summed E-state index contributed by atoms with van der Waals surface area (Å²) in [5.74, 6) is 0.0414. The van der Waals surface area contributed by atoms with Crippen LogP contribution in [0, 0.1) is 0 Å². The summed E-state index contributed by atoms with van der Waals surface area (Å²) < 4.78 is 19.1. The molecule has 3 aromatic carbocycles. The Morgan fingerprint density at radius 2 is 1.50 bits per heavy atom. The molecule has 0 radical (unpaired) electrons. The minimum atomic E-state index is -1.18. The number of carbonyl (C=O) groups excluding carboxylic acids is 1. The fraction of sp³-hybridized carbons (Fsp3) is 0.372. The van der Waals surface area contributed by atoms with Crippen molar-refractivity contribution >= 4 is 45.2 Å². The van der Waals surface area contributed by atoms with Gasteiger partial charge in [-0.2, -0.15) is 0 Å². The highest BCUT2D eigenvalue weighted by atomic mass is 35.5. The molecule has 1 aliphatic carbocycles. The lowest BCUT2D eigenvalue weighted by Gasteiger charge is -2.39. The first-order valence-corrected chi connectivity index (χ1v) is 19.7. The first-order valence-electron chi connectivity index (χ1n) is 18.4. The predicted molar refractivity (Wildman–Crippen MR) is 214 cm³/mol. The number of pyridine rings is 1. The van der Waals surface area contributed by atoms with E-state index in [4.69, 9.17) is 25.8 Å². The number of hydrogen-bond acceptors (Lipinski definition) is 7. The van der Waals surface area contributed by atoms with E-state index < -0.39 is 30.1 Å². The SMILES string of the molecule is CCOC(OCC)[C@H](C)N(Cc1csc2ccc(Cl)nc12)C(=O)[C@H](Cc1ccc(OC(C)(C)C)cc1)N(CC1c2ccccc2-c2ccccc21)C(=O)O. The number of ether oxygens (including phenoxy) is 3. The Balaban J connectivity index is 1.44. The van der Waals surface area contributed by atoms with E-state index in [9.17, 15) is 9.90 Å². The summed E-state index contributed by atoms with van der Waals surface area (Å²) in [5, 5.41) is 13.4. The highest BCUT2D eigenvalue weighted by Gasteiger charge is 2.40. The number of amides is 2. The monoisotopic (exact) mass is 769 g/mol. The topological polar surface area (TPSA) is 101 Å². The highest BCUT2D eigenvalue weighted by molar-refractivity contribution is 7.17. The van der Waals surface area contributed by atoms with Crippen molar-refractivity contribution in [1.29, 1.82) is 0 Å². The molecule has 2 amide bonds. The number of rotatable bonds is 15. The molecule has 2 aromatic heterocycles. The van der Waals surface area contributed by atoms with Gasteiger partial charge in [-0.15, -0.1) is 11.3 Å². The number of nitrogens with zero attached hydrogens (tertiary/aromatic N) is 3. The molecule has 0 bridgehead atoms. The maximum Gasteiger partial charge on any atom is 0.408 e. The van der Waals surface area contributed by atoms with Crippen molar-refractivity contribution in [2.75, 3.05) is 19.8 Å². The molecule has 2 atom stereocenters. The molecule has 1 N–H and O–H groups in total. The van der Waals surface area contributed by atoms with Crippen molar-refractivity contribution in [2.24, 2.45) is 0 Å². The van der Waals surface area contributed by atoms with Crippen molar-refractivity contribution in [3.05, 3.63) is 118 Å². The van der Waals surface area contributed by atoms with Gasteiger partial charge in [-0.05, 0) is 99.0 Å². The summed E-state index contributed by atoms with van der Waals surface area (Å²) in [4.78, 5) is 36.6. The Bertz CT molecular complexity index is 2030. The molecule has 2 heterocycles. The van der Waals surface area contributed by atoms with Gasteiger partial charge in [0.2, 0.25) is 5.91 Å². The van der Waals surface area contributed by atoms with Crippen LogP contribution in [0.25, 0.3) is 21.3 Å². The maximum atomic E-state index is 15.4. The van der Waals surface area contributed by atoms with Crippen LogP contribution in [0.15, 0.2) is 90.3 Å². The van der Waals surface area contributed by atoms with E-state index in [2.05, 4.69) is 17.1 Å². The van der Waals surface area contributed by atoms with Crippen LogP contribution in [0.3, 0.4) is 0 Å². The van der Waals surface area contributed by atoms with Gasteiger partial charge in [-0.3, -0.25) is 9.69 Å². The summed E-state index contributed by atoms with van der Waals surface area (Å²) in [7, 11) is 0. The van der Waals surface area contributed by atoms with Crippen LogP contribution in [0.5, 0.6) is 5.75 Å². The van der Waals surface area contributed by atoms with Crippen molar-refractivity contribution in [1.82, 2.24) is 14.8 Å². The smallest absolute Gasteiger partial charge is 0.408 e. The molecule has 0 spiro atoms. The van der Waals surface area contributed by atoms with E-state index in [-0.39, 0.29) is 31.3 Å². The second kappa shape index (κ2) is 16.9. The third-order valence-electron chi connectivity index (χ3n) is 9.65. The number of fused-ring (bicyclic) bond motifs is 4. The number of hydrogen-bond donors (Lipinski definition) is 1. The van der Waals surface area contributed by atoms with Crippen molar-refractivity contribution in [2.45, 2.75) is 84.4 Å². The summed E-state index contributed by atoms with van der Waals surface area (Å²) in [5.41, 5.74) is 6.10. The molecule has 284 valence electrons. The van der Waals surface area contributed by atoms with Gasteiger partial charge in [0, 0.05) is 44.2 Å². The molecule has 11 heteroatoms. The lowest BCUT2D eigenvalue weighted by atomic mass is 9.94. The standard InChI is InChI=1S/C43H48ClN3O6S/c1-7-51-41(52-8-2)27(3)46(24-29-26-54-37-21-22-38(44)45-39(29)37)40(48)36(23-28-17-19-30(20-18-28)53-43(4,5)6)47(42(49)50)25-35-33-15-11-9-13-31(33)32-14-10-12-16-34(32)35/h9-22,26-27,35-36,41H,7-8,23-25H2,1-6H3,(H,49,50)/t27-,36-/m0/s1. The first kappa shape index (κ1) is 39.2. The average Bonchev–Trinajstić information content (AvgIpc) is 3.69. The van der Waals surface area contributed by atoms with E-state index in [1.807, 2.05) is 114 Å². The number of carboxylic acid groups (broad SMARTS) is 1. The highest BCUT2D eigenvalue weighted by Crippen LogP contribution is 2.45. The summed E-state index contributed by atoms with van der Waals surface area (Å²) in [6.45, 7) is 12.5. The Hall–Kier alpha value is -4.48. The third kappa shape index (κ3) is 8.73. The van der Waals surface area contributed by atoms with E-state index in [0.29, 0.717) is 29.6 Å². The Morgan fingerprint density at radius 1 is 0.889 bits per heavy atom. The fourth-order valence-electron chi connectivity index (χ4n) is 7.24. The number of benzene rings is 3. The number of thiophene rings is 1. The Kier molecular flexibility index (Phi) is 12.3. The number of carbonyl (C=O) groups is 2. The zero-order valence-electron chi connectivity index (χ0n) is 31.6. The molecule has 0 saturated carbocycles. The largest absolute Gasteiger partial charge is 0.488 e. The summed E-state index contributed by atoms with van der Waals surface area (Å²) in [6.07, 6.45) is -1.81. The molecule has 0 unspecified atom stereocenters. The van der Waals surface area contributed by atoms with Crippen molar-refractivity contribution < 1.29 is 28.9 Å². The van der Waals surface area contributed by atoms with Gasteiger partial charge in [0.1, 0.15) is 22.5 Å². The fourth-order valence-corrected chi connectivity index (χ4v) is 8.28. The van der Waals surface area contributed by atoms with Gasteiger partial charge in [-0.25, -0.2) is 9.78 Å². The second-order valence-corrected chi connectivity index (χ2v) is 15.8. The maximum absolute atomic E-state index is 15.4. The van der Waals surface area contributed by atoms with Gasteiger partial charge in [0.25, 0.3) is 0 Å². The van der Waals surface area contributed by atoms with E-state index in [0.717, 1.165) is 38.1 Å². The molecular formula is C43H48ClN3O6S. The Labute approximate surface area is 326 Å². The van der Waals surface area contributed by atoms with Crippen LogP contribution in [0.2, 0.25) is 5.15 Å². The van der Waals surface area contributed by atoms with Gasteiger partial charge in [0.15, 0.2) is 6.29 Å². The van der Waals surface area contributed by atoms with Crippen molar-refractivity contribution in [3.8, 4) is 16.9 Å². The Morgan fingerprint density at radius 3 is 2.07 bits per heavy atom. The minimum Gasteiger partial charge on any atom is -0.488 e. The van der Waals surface area contributed by atoms with Crippen LogP contribution in [-0.4, -0.2) is 75.6 Å². The molecule has 1 aliphatic rings. The summed E-state index contributed by atoms with van der Waals surface area (Å²) >= 11 is 7.87. The molecule has 9 nitrogen and oxygen atoms in total.